The lowest BCUT2D eigenvalue weighted by Gasteiger charge is -2.05. The largest absolute Gasteiger partial charge is 0.472 e. The van der Waals surface area contributed by atoms with Gasteiger partial charge in [0, 0.05) is 35.1 Å². The van der Waals surface area contributed by atoms with Gasteiger partial charge in [0.05, 0.1) is 12.5 Å². The third-order valence-corrected chi connectivity index (χ3v) is 4.69. The smallest absolute Gasteiger partial charge is 0.263 e. The van der Waals surface area contributed by atoms with Crippen molar-refractivity contribution >= 4 is 17.2 Å². The third kappa shape index (κ3) is 3.43. The first-order valence-electron chi connectivity index (χ1n) is 7.20. The number of nitrogens with one attached hydrogen (secondary N) is 1. The number of amides is 1. The monoisotopic (exact) mass is 328 g/mol. The van der Waals surface area contributed by atoms with E-state index in [0.29, 0.717) is 6.54 Å². The lowest BCUT2D eigenvalue weighted by atomic mass is 10.2. The van der Waals surface area contributed by atoms with Crippen molar-refractivity contribution < 1.29 is 9.21 Å². The van der Waals surface area contributed by atoms with Crippen LogP contribution in [-0.2, 0) is 13.5 Å². The van der Waals surface area contributed by atoms with Gasteiger partial charge in [0.25, 0.3) is 11.5 Å². The maximum absolute atomic E-state index is 12.1. The molecule has 0 atom stereocenters. The second kappa shape index (κ2) is 6.66. The Hall–Kier alpha value is -2.60. The van der Waals surface area contributed by atoms with Crippen LogP contribution in [0.5, 0.6) is 0 Å². The van der Waals surface area contributed by atoms with Crippen LogP contribution in [0.3, 0.4) is 0 Å². The summed E-state index contributed by atoms with van der Waals surface area (Å²) in [4.78, 5) is 26.2. The summed E-state index contributed by atoms with van der Waals surface area (Å²) in [6, 6.07) is 9.23. The molecule has 0 aliphatic carbocycles. The number of nitrogens with zero attached hydrogens (tertiary/aromatic N) is 1. The number of aromatic nitrogens is 1. The SMILES string of the molecule is Cn1cccc(C(=O)NCCc2ccc(-c3ccoc3)s2)c1=O. The van der Waals surface area contributed by atoms with Crippen molar-refractivity contribution in [3.63, 3.8) is 0 Å². The second-order valence-electron chi connectivity index (χ2n) is 5.12. The lowest BCUT2D eigenvalue weighted by Crippen LogP contribution is -2.32. The highest BCUT2D eigenvalue weighted by atomic mass is 32.1. The number of carbonyl (C=O) groups excluding carboxylic acids is 1. The van der Waals surface area contributed by atoms with E-state index in [9.17, 15) is 9.59 Å². The third-order valence-electron chi connectivity index (χ3n) is 3.49. The highest BCUT2D eigenvalue weighted by Gasteiger charge is 2.10. The molecule has 0 radical (unpaired) electrons. The molecule has 0 saturated carbocycles. The maximum Gasteiger partial charge on any atom is 0.263 e. The molecule has 0 aliphatic rings. The number of hydrogen-bond donors (Lipinski definition) is 1. The van der Waals surface area contributed by atoms with Crippen LogP contribution in [0.2, 0.25) is 0 Å². The Labute approximate surface area is 137 Å². The zero-order valence-corrected chi connectivity index (χ0v) is 13.4. The predicted molar refractivity (Wildman–Crippen MR) is 89.7 cm³/mol. The minimum Gasteiger partial charge on any atom is -0.472 e. The summed E-state index contributed by atoms with van der Waals surface area (Å²) >= 11 is 1.67. The van der Waals surface area contributed by atoms with Gasteiger partial charge in [-0.25, -0.2) is 0 Å². The van der Waals surface area contributed by atoms with Crippen molar-refractivity contribution in [3.05, 3.63) is 69.8 Å². The van der Waals surface area contributed by atoms with E-state index in [-0.39, 0.29) is 17.0 Å². The molecule has 0 saturated heterocycles. The normalized spacial score (nSPS) is 10.7. The molecule has 3 heterocycles. The molecule has 3 aromatic heterocycles. The number of rotatable bonds is 5. The van der Waals surface area contributed by atoms with Gasteiger partial charge in [0.1, 0.15) is 5.56 Å². The fourth-order valence-electron chi connectivity index (χ4n) is 2.24. The topological polar surface area (TPSA) is 64.2 Å². The molecule has 118 valence electrons. The van der Waals surface area contributed by atoms with E-state index in [4.69, 9.17) is 4.42 Å². The molecular formula is C17H16N2O3S. The molecule has 23 heavy (non-hydrogen) atoms. The summed E-state index contributed by atoms with van der Waals surface area (Å²) in [5, 5.41) is 2.80. The molecule has 1 N–H and O–H groups in total. The molecule has 1 amide bonds. The quantitative estimate of drug-likeness (QED) is 0.783. The molecule has 0 bridgehead atoms. The average molecular weight is 328 g/mol. The van der Waals surface area contributed by atoms with E-state index < -0.39 is 0 Å². The molecule has 0 aromatic carbocycles. The van der Waals surface area contributed by atoms with Crippen LogP contribution < -0.4 is 10.9 Å². The number of furan rings is 1. The van der Waals surface area contributed by atoms with Gasteiger partial charge in [0.15, 0.2) is 0 Å². The highest BCUT2D eigenvalue weighted by Crippen LogP contribution is 2.28. The second-order valence-corrected chi connectivity index (χ2v) is 6.29. The highest BCUT2D eigenvalue weighted by molar-refractivity contribution is 7.15. The number of hydrogen-bond acceptors (Lipinski definition) is 4. The Morgan fingerprint density at radius 2 is 2.17 bits per heavy atom. The van der Waals surface area contributed by atoms with Crippen molar-refractivity contribution in [2.24, 2.45) is 7.05 Å². The standard InChI is InChI=1S/C17H16N2O3S/c1-19-9-2-3-14(17(19)21)16(20)18-8-6-13-4-5-15(23-13)12-7-10-22-11-12/h2-5,7,9-11H,6,8H2,1H3,(H,18,20). The molecule has 5 nitrogen and oxygen atoms in total. The van der Waals surface area contributed by atoms with Crippen molar-refractivity contribution in [1.82, 2.24) is 9.88 Å². The van der Waals surface area contributed by atoms with Crippen LogP contribution in [0.15, 0.2) is 58.3 Å². The summed E-state index contributed by atoms with van der Waals surface area (Å²) in [5.74, 6) is -0.335. The van der Waals surface area contributed by atoms with Gasteiger partial charge in [-0.3, -0.25) is 9.59 Å². The zero-order valence-electron chi connectivity index (χ0n) is 12.6. The fourth-order valence-corrected chi connectivity index (χ4v) is 3.23. The van der Waals surface area contributed by atoms with Gasteiger partial charge < -0.3 is 14.3 Å². The fraction of sp³-hybridized carbons (Fsp3) is 0.176. The zero-order chi connectivity index (χ0) is 16.2. The minimum absolute atomic E-state index is 0.167. The summed E-state index contributed by atoms with van der Waals surface area (Å²) in [6.07, 6.45) is 5.71. The van der Waals surface area contributed by atoms with Crippen LogP contribution in [0.4, 0.5) is 0 Å². The lowest BCUT2D eigenvalue weighted by molar-refractivity contribution is 0.0952. The van der Waals surface area contributed by atoms with Crippen molar-refractivity contribution in [1.29, 1.82) is 0 Å². The van der Waals surface area contributed by atoms with Crippen molar-refractivity contribution in [3.8, 4) is 10.4 Å². The van der Waals surface area contributed by atoms with E-state index in [1.54, 1.807) is 49.2 Å². The van der Waals surface area contributed by atoms with Gasteiger partial charge in [-0.15, -0.1) is 11.3 Å². The first-order valence-corrected chi connectivity index (χ1v) is 8.02. The molecule has 3 rings (SSSR count). The summed E-state index contributed by atoms with van der Waals surface area (Å²) in [7, 11) is 1.63. The first kappa shape index (κ1) is 15.3. The molecule has 0 fully saturated rings. The number of pyridine rings is 1. The first-order chi connectivity index (χ1) is 11.1. The Morgan fingerprint density at radius 3 is 2.96 bits per heavy atom. The summed E-state index contributed by atoms with van der Waals surface area (Å²) in [5.41, 5.74) is 0.932. The van der Waals surface area contributed by atoms with Crippen LogP contribution >= 0.6 is 11.3 Å². The molecule has 6 heteroatoms. The van der Waals surface area contributed by atoms with Crippen molar-refractivity contribution in [2.75, 3.05) is 6.54 Å². The number of carbonyl (C=O) groups is 1. The Bertz CT molecular complexity index is 862. The molecular weight excluding hydrogens is 312 g/mol. The Kier molecular flexibility index (Phi) is 4.43. The van der Waals surface area contributed by atoms with Crippen LogP contribution in [0, 0.1) is 0 Å². The maximum atomic E-state index is 12.1. The van der Waals surface area contributed by atoms with E-state index in [1.165, 1.54) is 9.44 Å². The van der Waals surface area contributed by atoms with E-state index in [2.05, 4.69) is 5.32 Å². The van der Waals surface area contributed by atoms with Gasteiger partial charge in [-0.2, -0.15) is 0 Å². The van der Waals surface area contributed by atoms with Gasteiger partial charge in [0.2, 0.25) is 0 Å². The van der Waals surface area contributed by atoms with Crippen LogP contribution in [0.25, 0.3) is 10.4 Å². The van der Waals surface area contributed by atoms with Crippen molar-refractivity contribution in [2.45, 2.75) is 6.42 Å². The predicted octanol–water partition coefficient (Wildman–Crippen LogP) is 2.68. The molecule has 0 unspecified atom stereocenters. The Balaban J connectivity index is 1.58. The van der Waals surface area contributed by atoms with Gasteiger partial charge in [-0.1, -0.05) is 0 Å². The molecule has 0 aliphatic heterocycles. The Morgan fingerprint density at radius 1 is 1.30 bits per heavy atom. The number of thiophene rings is 1. The van der Waals surface area contributed by atoms with Crippen LogP contribution in [0.1, 0.15) is 15.2 Å². The van der Waals surface area contributed by atoms with E-state index >= 15 is 0 Å². The molecule has 3 aromatic rings. The minimum atomic E-state index is -0.335. The van der Waals surface area contributed by atoms with E-state index in [0.717, 1.165) is 16.9 Å². The van der Waals surface area contributed by atoms with E-state index in [1.807, 2.05) is 18.2 Å². The summed E-state index contributed by atoms with van der Waals surface area (Å²) in [6.45, 7) is 0.488. The summed E-state index contributed by atoms with van der Waals surface area (Å²) < 4.78 is 6.47. The number of aryl methyl sites for hydroxylation is 1. The van der Waals surface area contributed by atoms with Crippen LogP contribution in [-0.4, -0.2) is 17.0 Å². The van der Waals surface area contributed by atoms with Gasteiger partial charge >= 0.3 is 0 Å². The van der Waals surface area contributed by atoms with Gasteiger partial charge in [-0.05, 0) is 36.8 Å². The average Bonchev–Trinajstić information content (AvgIpc) is 3.20. The molecule has 0 spiro atoms.